The topological polar surface area (TPSA) is 37.4 Å². The van der Waals surface area contributed by atoms with E-state index < -0.39 is 11.6 Å². The Kier molecular flexibility index (Phi) is 9.19. The summed E-state index contributed by atoms with van der Waals surface area (Å²) in [6, 6.07) is 0. The van der Waals surface area contributed by atoms with Gasteiger partial charge in [0.05, 0.1) is 0 Å². The molecule has 3 nitrogen and oxygen atoms in total. The molecule has 0 atom stereocenters. The van der Waals surface area contributed by atoms with E-state index in [9.17, 15) is 0 Å². The summed E-state index contributed by atoms with van der Waals surface area (Å²) in [4.78, 5) is 2.60. The average Bonchev–Trinajstić information content (AvgIpc) is 2.21. The van der Waals surface area contributed by atoms with Crippen molar-refractivity contribution >= 4 is 11.6 Å². The third-order valence-electron chi connectivity index (χ3n) is 2.82. The van der Waals surface area contributed by atoms with Crippen LogP contribution in [-0.4, -0.2) is 33.0 Å². The van der Waals surface area contributed by atoms with E-state index in [0.717, 1.165) is 5.92 Å². The lowest BCUT2D eigenvalue weighted by Gasteiger charge is -2.30. The van der Waals surface area contributed by atoms with Crippen LogP contribution in [0.1, 0.15) is 39.5 Å². The van der Waals surface area contributed by atoms with Crippen LogP contribution in [-0.2, 0) is 11.6 Å². The lowest BCUT2D eigenvalue weighted by Crippen LogP contribution is -2.33. The van der Waals surface area contributed by atoms with Gasteiger partial charge in [0, 0.05) is 0 Å². The van der Waals surface area contributed by atoms with E-state index >= 15 is 0 Å². The maximum absolute atomic E-state index is 8.29. The van der Waals surface area contributed by atoms with Gasteiger partial charge in [-0.3, -0.25) is 0 Å². The van der Waals surface area contributed by atoms with Crippen molar-refractivity contribution in [2.75, 3.05) is 19.6 Å². The number of hydrogen-bond acceptors (Lipinski definition) is 3. The third kappa shape index (κ3) is 6.27. The number of piperidine rings is 1. The molecule has 0 amide bonds. The van der Waals surface area contributed by atoms with Gasteiger partial charge in [-0.15, -0.1) is 0 Å². The molecular weight excluding hydrogens is 198 g/mol. The summed E-state index contributed by atoms with van der Waals surface area (Å²) in [5.41, 5.74) is 0. The van der Waals surface area contributed by atoms with Crippen LogP contribution in [0.5, 0.6) is 0 Å². The summed E-state index contributed by atoms with van der Waals surface area (Å²) < 4.78 is 16.6. The molecule has 1 rings (SSSR count). The monoisotopic (exact) mass is 219 g/mol. The molecule has 0 saturated carbocycles. The summed E-state index contributed by atoms with van der Waals surface area (Å²) >= 11 is -0.750. The van der Waals surface area contributed by atoms with Crippen LogP contribution in [0.25, 0.3) is 0 Å². The lowest BCUT2D eigenvalue weighted by atomic mass is 9.94. The summed E-state index contributed by atoms with van der Waals surface area (Å²) in [6.45, 7) is 8.61. The van der Waals surface area contributed by atoms with Crippen molar-refractivity contribution in [3.05, 3.63) is 0 Å². The fourth-order valence-corrected chi connectivity index (χ4v) is 1.93. The van der Waals surface area contributed by atoms with Crippen molar-refractivity contribution < 1.29 is 8.42 Å². The molecule has 0 aliphatic carbocycles. The van der Waals surface area contributed by atoms with E-state index in [4.69, 9.17) is 8.42 Å². The van der Waals surface area contributed by atoms with Gasteiger partial charge in [0.1, 0.15) is 0 Å². The zero-order valence-electron chi connectivity index (χ0n) is 9.20. The molecule has 1 heterocycles. The number of rotatable bonds is 3. The van der Waals surface area contributed by atoms with Crippen LogP contribution < -0.4 is 0 Å². The highest BCUT2D eigenvalue weighted by Gasteiger charge is 2.16. The van der Waals surface area contributed by atoms with Crippen molar-refractivity contribution in [2.45, 2.75) is 39.5 Å². The lowest BCUT2D eigenvalue weighted by molar-refractivity contribution is 0.182. The van der Waals surface area contributed by atoms with Gasteiger partial charge < -0.3 is 4.90 Å². The predicted molar refractivity (Wildman–Crippen MR) is 58.7 cm³/mol. The van der Waals surface area contributed by atoms with Gasteiger partial charge in [0.25, 0.3) is 0 Å². The van der Waals surface area contributed by atoms with Crippen molar-refractivity contribution in [3.8, 4) is 0 Å². The highest BCUT2D eigenvalue weighted by molar-refractivity contribution is 7.51. The van der Waals surface area contributed by atoms with Gasteiger partial charge in [-0.05, 0) is 44.8 Å². The van der Waals surface area contributed by atoms with Crippen LogP contribution in [0.4, 0.5) is 0 Å². The molecule has 1 saturated heterocycles. The fraction of sp³-hybridized carbons (Fsp3) is 1.00. The number of nitrogens with zero attached hydrogens (tertiary/aromatic N) is 1. The molecule has 0 N–H and O–H groups in total. The Labute approximate surface area is 90.5 Å². The summed E-state index contributed by atoms with van der Waals surface area (Å²) in [6.07, 6.45) is 5.59. The predicted octanol–water partition coefficient (Wildman–Crippen LogP) is 1.85. The van der Waals surface area contributed by atoms with E-state index in [0.29, 0.717) is 0 Å². The Balaban J connectivity index is 0.000000500. The molecule has 0 spiro atoms. The van der Waals surface area contributed by atoms with E-state index in [1.807, 2.05) is 0 Å². The molecule has 0 aromatic rings. The number of likely N-dealkylation sites (tertiary alicyclic amines) is 1. The van der Waals surface area contributed by atoms with E-state index in [2.05, 4.69) is 18.7 Å². The molecule has 84 valence electrons. The normalized spacial score (nSPS) is 18.4. The van der Waals surface area contributed by atoms with Crippen LogP contribution in [0.15, 0.2) is 0 Å². The Morgan fingerprint density at radius 1 is 1.21 bits per heavy atom. The highest BCUT2D eigenvalue weighted by Crippen LogP contribution is 2.19. The van der Waals surface area contributed by atoms with Gasteiger partial charge in [-0.2, -0.15) is 8.42 Å². The third-order valence-corrected chi connectivity index (χ3v) is 2.82. The molecular formula is C10H21NO2S. The van der Waals surface area contributed by atoms with Gasteiger partial charge in [-0.1, -0.05) is 20.3 Å². The second kappa shape index (κ2) is 9.34. The molecule has 0 radical (unpaired) electrons. The molecule has 1 aliphatic rings. The second-order valence-corrected chi connectivity index (χ2v) is 3.90. The van der Waals surface area contributed by atoms with Crippen LogP contribution >= 0.6 is 0 Å². The van der Waals surface area contributed by atoms with Crippen molar-refractivity contribution in [1.29, 1.82) is 0 Å². The zero-order valence-corrected chi connectivity index (χ0v) is 10.0. The summed E-state index contributed by atoms with van der Waals surface area (Å²) in [7, 11) is 0. The van der Waals surface area contributed by atoms with E-state index in [1.165, 1.54) is 45.3 Å². The smallest absolute Gasteiger partial charge is 0.303 e. The van der Waals surface area contributed by atoms with Gasteiger partial charge in [0.2, 0.25) is 0 Å². The summed E-state index contributed by atoms with van der Waals surface area (Å²) in [5, 5.41) is 0. The van der Waals surface area contributed by atoms with Gasteiger partial charge in [-0.25, -0.2) is 0 Å². The minimum Gasteiger partial charge on any atom is -0.303 e. The maximum Gasteiger partial charge on any atom is 0.335 e. The van der Waals surface area contributed by atoms with E-state index in [-0.39, 0.29) is 0 Å². The molecule has 0 bridgehead atoms. The molecule has 14 heavy (non-hydrogen) atoms. The largest absolute Gasteiger partial charge is 0.335 e. The van der Waals surface area contributed by atoms with Crippen molar-refractivity contribution in [2.24, 2.45) is 5.92 Å². The minimum atomic E-state index is -0.750. The summed E-state index contributed by atoms with van der Waals surface area (Å²) in [5.74, 6) is 1.03. The molecule has 4 heteroatoms. The standard InChI is InChI=1S/C10H21N.O2S/c1-3-7-11-8-5-10(4-2)6-9-11;1-3-2/h10H,3-9H2,1-2H3;. The molecule has 0 aromatic carbocycles. The Morgan fingerprint density at radius 3 is 2.07 bits per heavy atom. The first kappa shape index (κ1) is 13.8. The Bertz CT molecular complexity index is 162. The highest BCUT2D eigenvalue weighted by atomic mass is 32.1. The first-order chi connectivity index (χ1) is 6.78. The quantitative estimate of drug-likeness (QED) is 0.727. The first-order valence-corrected chi connectivity index (χ1v) is 6.09. The fourth-order valence-electron chi connectivity index (χ4n) is 1.93. The maximum atomic E-state index is 8.29. The molecule has 0 aromatic heterocycles. The zero-order chi connectivity index (χ0) is 10.8. The Morgan fingerprint density at radius 2 is 1.71 bits per heavy atom. The van der Waals surface area contributed by atoms with Crippen molar-refractivity contribution in [3.63, 3.8) is 0 Å². The average molecular weight is 219 g/mol. The molecule has 1 aliphatic heterocycles. The van der Waals surface area contributed by atoms with E-state index in [1.54, 1.807) is 0 Å². The second-order valence-electron chi connectivity index (χ2n) is 3.76. The molecule has 0 unspecified atom stereocenters. The van der Waals surface area contributed by atoms with Gasteiger partial charge >= 0.3 is 11.6 Å². The Hall–Kier alpha value is -0.220. The minimum absolute atomic E-state index is 0.750. The SMILES string of the molecule is CCCN1CCC(CC)CC1.O=S=O. The first-order valence-electron chi connectivity index (χ1n) is 5.42. The molecule has 1 fully saturated rings. The number of hydrogen-bond donors (Lipinski definition) is 0. The van der Waals surface area contributed by atoms with Crippen LogP contribution in [0, 0.1) is 5.92 Å². The van der Waals surface area contributed by atoms with Crippen molar-refractivity contribution in [1.82, 2.24) is 4.90 Å². The van der Waals surface area contributed by atoms with Crippen LogP contribution in [0.2, 0.25) is 0 Å². The van der Waals surface area contributed by atoms with Crippen LogP contribution in [0.3, 0.4) is 0 Å². The van der Waals surface area contributed by atoms with Gasteiger partial charge in [0.15, 0.2) is 0 Å².